The van der Waals surface area contributed by atoms with Crippen LogP contribution >= 0.6 is 11.6 Å². The number of methoxy groups -OCH3 is 1. The monoisotopic (exact) mass is 392 g/mol. The molecule has 0 saturated carbocycles. The van der Waals surface area contributed by atoms with Crippen LogP contribution in [0.25, 0.3) is 0 Å². The SMILES string of the molecule is CCOCCCNC(=O)[C@@H](C)N(c1ccc(OC)c(Cl)c1)S(C)(=O)=O. The smallest absolute Gasteiger partial charge is 0.243 e. The van der Waals surface area contributed by atoms with Crippen molar-refractivity contribution in [1.29, 1.82) is 0 Å². The van der Waals surface area contributed by atoms with E-state index in [1.165, 1.54) is 20.1 Å². The largest absolute Gasteiger partial charge is 0.495 e. The molecule has 1 rings (SSSR count). The second-order valence-electron chi connectivity index (χ2n) is 5.40. The van der Waals surface area contributed by atoms with E-state index in [1.54, 1.807) is 12.1 Å². The highest BCUT2D eigenvalue weighted by Gasteiger charge is 2.29. The van der Waals surface area contributed by atoms with Crippen LogP contribution in [0.4, 0.5) is 5.69 Å². The van der Waals surface area contributed by atoms with Crippen molar-refractivity contribution in [3.8, 4) is 5.75 Å². The number of rotatable bonds is 10. The number of hydrogen-bond acceptors (Lipinski definition) is 5. The van der Waals surface area contributed by atoms with Crippen LogP contribution < -0.4 is 14.4 Å². The Morgan fingerprint density at radius 1 is 1.40 bits per heavy atom. The summed E-state index contributed by atoms with van der Waals surface area (Å²) in [5, 5.41) is 2.98. The van der Waals surface area contributed by atoms with Gasteiger partial charge >= 0.3 is 0 Å². The van der Waals surface area contributed by atoms with Crippen molar-refractivity contribution in [2.45, 2.75) is 26.3 Å². The molecule has 0 saturated heterocycles. The van der Waals surface area contributed by atoms with Crippen LogP contribution in [0.1, 0.15) is 20.3 Å². The van der Waals surface area contributed by atoms with Crippen LogP contribution in [0, 0.1) is 0 Å². The van der Waals surface area contributed by atoms with E-state index < -0.39 is 22.0 Å². The van der Waals surface area contributed by atoms with Crippen molar-refractivity contribution in [2.24, 2.45) is 0 Å². The van der Waals surface area contributed by atoms with E-state index in [9.17, 15) is 13.2 Å². The zero-order chi connectivity index (χ0) is 19.0. The lowest BCUT2D eigenvalue weighted by Crippen LogP contribution is -2.48. The van der Waals surface area contributed by atoms with Gasteiger partial charge in [-0.05, 0) is 38.5 Å². The van der Waals surface area contributed by atoms with Gasteiger partial charge in [0.15, 0.2) is 0 Å². The van der Waals surface area contributed by atoms with E-state index in [0.717, 1.165) is 10.6 Å². The molecule has 0 aromatic heterocycles. The molecule has 25 heavy (non-hydrogen) atoms. The lowest BCUT2D eigenvalue weighted by molar-refractivity contribution is -0.121. The predicted molar refractivity (Wildman–Crippen MR) is 98.9 cm³/mol. The number of nitrogens with zero attached hydrogens (tertiary/aromatic N) is 1. The molecule has 1 N–H and O–H groups in total. The number of carbonyl (C=O) groups is 1. The minimum Gasteiger partial charge on any atom is -0.495 e. The van der Waals surface area contributed by atoms with Gasteiger partial charge in [0, 0.05) is 19.8 Å². The average molecular weight is 393 g/mol. The minimum absolute atomic E-state index is 0.262. The van der Waals surface area contributed by atoms with Crippen LogP contribution in [-0.2, 0) is 19.6 Å². The third kappa shape index (κ3) is 6.37. The van der Waals surface area contributed by atoms with E-state index >= 15 is 0 Å². The van der Waals surface area contributed by atoms with Gasteiger partial charge in [-0.2, -0.15) is 0 Å². The molecule has 9 heteroatoms. The summed E-state index contributed by atoms with van der Waals surface area (Å²) in [6, 6.07) is 3.64. The van der Waals surface area contributed by atoms with Gasteiger partial charge in [-0.15, -0.1) is 0 Å². The molecule has 0 unspecified atom stereocenters. The average Bonchev–Trinajstić information content (AvgIpc) is 2.53. The fourth-order valence-corrected chi connectivity index (χ4v) is 3.70. The number of hydrogen-bond donors (Lipinski definition) is 1. The molecule has 1 aromatic carbocycles. The fraction of sp³-hybridized carbons (Fsp3) is 0.562. The molecule has 0 fully saturated rings. The Balaban J connectivity index is 2.92. The predicted octanol–water partition coefficient (Wildman–Crippen LogP) is 2.05. The Morgan fingerprint density at radius 2 is 2.08 bits per heavy atom. The standard InChI is InChI=1S/C16H25ClN2O5S/c1-5-24-10-6-9-18-16(20)12(2)19(25(4,21)22)13-7-8-15(23-3)14(17)11-13/h7-8,11-12H,5-6,9-10H2,1-4H3,(H,18,20)/t12-/m1/s1. The Bertz CT molecular complexity index is 681. The number of ether oxygens (including phenoxy) is 2. The lowest BCUT2D eigenvalue weighted by atomic mass is 10.2. The highest BCUT2D eigenvalue weighted by Crippen LogP contribution is 2.31. The number of amides is 1. The molecule has 0 aliphatic carbocycles. The molecule has 1 atom stereocenters. The van der Waals surface area contributed by atoms with Crippen LogP contribution in [-0.4, -0.2) is 53.5 Å². The number of sulfonamides is 1. The Hall–Kier alpha value is -1.51. The molecule has 1 amide bonds. The first kappa shape index (κ1) is 21.5. The normalized spacial score (nSPS) is 12.5. The topological polar surface area (TPSA) is 84.9 Å². The van der Waals surface area contributed by atoms with Gasteiger partial charge < -0.3 is 14.8 Å². The summed E-state index contributed by atoms with van der Waals surface area (Å²) in [6.07, 6.45) is 1.70. The molecule has 7 nitrogen and oxygen atoms in total. The molecule has 142 valence electrons. The van der Waals surface area contributed by atoms with Crippen LogP contribution in [0.2, 0.25) is 5.02 Å². The highest BCUT2D eigenvalue weighted by atomic mass is 35.5. The second kappa shape index (κ2) is 9.84. The van der Waals surface area contributed by atoms with Gasteiger partial charge in [0.1, 0.15) is 11.8 Å². The summed E-state index contributed by atoms with van der Waals surface area (Å²) < 4.78 is 35.7. The van der Waals surface area contributed by atoms with Crippen molar-refractivity contribution in [1.82, 2.24) is 5.32 Å². The number of carbonyl (C=O) groups excluding carboxylic acids is 1. The summed E-state index contributed by atoms with van der Waals surface area (Å²) in [7, 11) is -2.22. The second-order valence-corrected chi connectivity index (χ2v) is 7.66. The van der Waals surface area contributed by atoms with Crippen LogP contribution in [0.5, 0.6) is 5.75 Å². The summed E-state index contributed by atoms with van der Waals surface area (Å²) in [5.41, 5.74) is 0.297. The van der Waals surface area contributed by atoms with Gasteiger partial charge in [-0.3, -0.25) is 9.10 Å². The van der Waals surface area contributed by atoms with E-state index in [-0.39, 0.29) is 5.02 Å². The molecule has 0 radical (unpaired) electrons. The van der Waals surface area contributed by atoms with E-state index in [2.05, 4.69) is 5.32 Å². The summed E-state index contributed by atoms with van der Waals surface area (Å²) in [4.78, 5) is 12.3. The summed E-state index contributed by atoms with van der Waals surface area (Å²) in [6.45, 7) is 4.98. The van der Waals surface area contributed by atoms with E-state index in [1.807, 2.05) is 6.92 Å². The zero-order valence-electron chi connectivity index (χ0n) is 14.9. The van der Waals surface area contributed by atoms with Crippen molar-refractivity contribution in [3.05, 3.63) is 23.2 Å². The molecule has 0 aliphatic rings. The first-order valence-corrected chi connectivity index (χ1v) is 10.1. The van der Waals surface area contributed by atoms with Gasteiger partial charge in [0.25, 0.3) is 0 Å². The summed E-state index contributed by atoms with van der Waals surface area (Å²) in [5.74, 6) is 0.0285. The number of nitrogens with one attached hydrogen (secondary N) is 1. The number of halogens is 1. The minimum atomic E-state index is -3.69. The van der Waals surface area contributed by atoms with Crippen molar-refractivity contribution in [2.75, 3.05) is 37.4 Å². The fourth-order valence-electron chi connectivity index (χ4n) is 2.28. The third-order valence-corrected chi connectivity index (χ3v) is 4.98. The molecule has 0 spiro atoms. The highest BCUT2D eigenvalue weighted by molar-refractivity contribution is 7.92. The van der Waals surface area contributed by atoms with Crippen molar-refractivity contribution < 1.29 is 22.7 Å². The van der Waals surface area contributed by atoms with E-state index in [4.69, 9.17) is 21.1 Å². The zero-order valence-corrected chi connectivity index (χ0v) is 16.5. The lowest BCUT2D eigenvalue weighted by Gasteiger charge is -2.28. The molecular formula is C16H25ClN2O5S. The number of anilines is 1. The maximum absolute atomic E-state index is 12.3. The maximum atomic E-state index is 12.3. The molecule has 0 heterocycles. The maximum Gasteiger partial charge on any atom is 0.243 e. The molecular weight excluding hydrogens is 368 g/mol. The van der Waals surface area contributed by atoms with Crippen molar-refractivity contribution >= 4 is 33.2 Å². The van der Waals surface area contributed by atoms with Crippen LogP contribution in [0.3, 0.4) is 0 Å². The van der Waals surface area contributed by atoms with Gasteiger partial charge in [0.2, 0.25) is 15.9 Å². The number of benzene rings is 1. The van der Waals surface area contributed by atoms with Gasteiger partial charge in [-0.1, -0.05) is 11.6 Å². The quantitative estimate of drug-likeness (QED) is 0.616. The van der Waals surface area contributed by atoms with Gasteiger partial charge in [0.05, 0.1) is 24.1 Å². The first-order chi connectivity index (χ1) is 11.7. The first-order valence-electron chi connectivity index (χ1n) is 7.90. The van der Waals surface area contributed by atoms with Gasteiger partial charge in [-0.25, -0.2) is 8.42 Å². The molecule has 0 bridgehead atoms. The summed E-state index contributed by atoms with van der Waals surface area (Å²) >= 11 is 6.08. The van der Waals surface area contributed by atoms with Crippen LogP contribution in [0.15, 0.2) is 18.2 Å². The van der Waals surface area contributed by atoms with E-state index in [0.29, 0.717) is 37.6 Å². The Morgan fingerprint density at radius 3 is 2.60 bits per heavy atom. The Kier molecular flexibility index (Phi) is 8.47. The Labute approximate surface area is 154 Å². The molecule has 0 aliphatic heterocycles. The third-order valence-electron chi connectivity index (χ3n) is 3.45. The molecule has 1 aromatic rings. The van der Waals surface area contributed by atoms with Crippen molar-refractivity contribution in [3.63, 3.8) is 0 Å².